The van der Waals surface area contributed by atoms with Gasteiger partial charge in [-0.25, -0.2) is 20.4 Å². The van der Waals surface area contributed by atoms with Gasteiger partial charge in [0.15, 0.2) is 5.54 Å². The molecule has 0 aromatic carbocycles. The van der Waals surface area contributed by atoms with Gasteiger partial charge in [-0.3, -0.25) is 0 Å². The molecule has 0 saturated heterocycles. The normalized spacial score (nSPS) is 10.7. The van der Waals surface area contributed by atoms with Crippen LogP contribution in [0, 0.1) is 0 Å². The van der Waals surface area contributed by atoms with Crippen LogP contribution in [0.15, 0.2) is 0 Å². The van der Waals surface area contributed by atoms with E-state index in [9.17, 15) is 9.59 Å². The molecule has 70 valence electrons. The first-order chi connectivity index (χ1) is 5.34. The third-order valence-corrected chi connectivity index (χ3v) is 1.52. The van der Waals surface area contributed by atoms with E-state index >= 15 is 0 Å². The molecule has 0 aliphatic heterocycles. The largest absolute Gasteiger partial charge is 0.467 e. The quantitative estimate of drug-likeness (QED) is 0.248. The Morgan fingerprint density at radius 3 is 2.08 bits per heavy atom. The van der Waals surface area contributed by atoms with Crippen molar-refractivity contribution in [3.63, 3.8) is 0 Å². The number of esters is 1. The van der Waals surface area contributed by atoms with Crippen LogP contribution < -0.4 is 11.6 Å². The van der Waals surface area contributed by atoms with Crippen molar-refractivity contribution < 1.29 is 14.3 Å². The van der Waals surface area contributed by atoms with Crippen LogP contribution in [-0.2, 0) is 9.53 Å². The Labute approximate surface area is 70.4 Å². The number of nitrogens with two attached hydrogens (primary N) is 2. The predicted molar refractivity (Wildman–Crippen MR) is 41.7 cm³/mol. The van der Waals surface area contributed by atoms with Gasteiger partial charge in [-0.1, -0.05) is 0 Å². The second-order valence-corrected chi connectivity index (χ2v) is 2.76. The Hall–Kier alpha value is -1.30. The topological polar surface area (TPSA) is 98.7 Å². The van der Waals surface area contributed by atoms with Crippen LogP contribution >= 0.6 is 0 Å². The minimum atomic E-state index is -1.24. The zero-order valence-corrected chi connectivity index (χ0v) is 7.33. The molecule has 0 radical (unpaired) electrons. The number of carbonyl (C=O) groups is 2. The number of hydrazine groups is 1. The van der Waals surface area contributed by atoms with E-state index < -0.39 is 17.5 Å². The number of carbonyl (C=O) groups excluding carboxylic acids is 2. The van der Waals surface area contributed by atoms with Crippen LogP contribution in [-0.4, -0.2) is 29.7 Å². The molecule has 4 N–H and O–H groups in total. The maximum Gasteiger partial charge on any atom is 0.332 e. The number of methoxy groups -OCH3 is 1. The van der Waals surface area contributed by atoms with Gasteiger partial charge in [-0.15, -0.1) is 0 Å². The first-order valence-electron chi connectivity index (χ1n) is 3.26. The second-order valence-electron chi connectivity index (χ2n) is 2.76. The highest BCUT2D eigenvalue weighted by molar-refractivity contribution is 5.85. The number of nitrogens with zero attached hydrogens (tertiary/aromatic N) is 1. The second kappa shape index (κ2) is 3.40. The summed E-state index contributed by atoms with van der Waals surface area (Å²) in [5, 5.41) is 0.624. The van der Waals surface area contributed by atoms with E-state index in [1.165, 1.54) is 21.0 Å². The molecule has 0 aromatic heterocycles. The number of amides is 2. The van der Waals surface area contributed by atoms with Crippen molar-refractivity contribution in [2.45, 2.75) is 19.4 Å². The Morgan fingerprint density at radius 1 is 1.42 bits per heavy atom. The van der Waals surface area contributed by atoms with E-state index in [1.54, 1.807) is 0 Å². The van der Waals surface area contributed by atoms with Crippen molar-refractivity contribution in [1.29, 1.82) is 0 Å². The fourth-order valence-electron chi connectivity index (χ4n) is 0.624. The van der Waals surface area contributed by atoms with Crippen molar-refractivity contribution in [2.75, 3.05) is 7.11 Å². The molecule has 6 heteroatoms. The summed E-state index contributed by atoms with van der Waals surface area (Å²) in [6.45, 7) is 2.87. The fraction of sp³-hybridized carbons (Fsp3) is 0.667. The third-order valence-electron chi connectivity index (χ3n) is 1.52. The molecule has 0 rings (SSSR count). The average molecular weight is 175 g/mol. The van der Waals surface area contributed by atoms with Gasteiger partial charge in [-0.05, 0) is 13.8 Å². The monoisotopic (exact) mass is 175 g/mol. The molecule has 0 aromatic rings. The SMILES string of the molecule is COC(=O)C(C)(C)N(N)C(N)=O. The van der Waals surface area contributed by atoms with Crippen molar-refractivity contribution in [1.82, 2.24) is 5.01 Å². The van der Waals surface area contributed by atoms with E-state index in [0.29, 0.717) is 5.01 Å². The third kappa shape index (κ3) is 1.85. The smallest absolute Gasteiger partial charge is 0.332 e. The van der Waals surface area contributed by atoms with Crippen molar-refractivity contribution in [3.8, 4) is 0 Å². The van der Waals surface area contributed by atoms with Crippen LogP contribution in [0.3, 0.4) is 0 Å². The highest BCUT2D eigenvalue weighted by Gasteiger charge is 2.36. The average Bonchev–Trinajstić information content (AvgIpc) is 2.01. The first kappa shape index (κ1) is 10.7. The van der Waals surface area contributed by atoms with Crippen LogP contribution in [0.5, 0.6) is 0 Å². The van der Waals surface area contributed by atoms with Crippen LogP contribution in [0.1, 0.15) is 13.8 Å². The van der Waals surface area contributed by atoms with Crippen LogP contribution in [0.25, 0.3) is 0 Å². The summed E-state index contributed by atoms with van der Waals surface area (Å²) >= 11 is 0. The number of urea groups is 1. The maximum absolute atomic E-state index is 11.0. The van der Waals surface area contributed by atoms with Crippen molar-refractivity contribution >= 4 is 12.0 Å². The lowest BCUT2D eigenvalue weighted by atomic mass is 10.1. The molecule has 0 spiro atoms. The van der Waals surface area contributed by atoms with Gasteiger partial charge < -0.3 is 10.5 Å². The van der Waals surface area contributed by atoms with Crippen LogP contribution in [0.2, 0.25) is 0 Å². The lowest BCUT2D eigenvalue weighted by Gasteiger charge is -2.30. The zero-order chi connectivity index (χ0) is 9.94. The van der Waals surface area contributed by atoms with E-state index in [4.69, 9.17) is 11.6 Å². The molecule has 0 atom stereocenters. The van der Waals surface area contributed by atoms with E-state index in [2.05, 4.69) is 4.74 Å². The molecular weight excluding hydrogens is 162 g/mol. The lowest BCUT2D eigenvalue weighted by Crippen LogP contribution is -2.59. The molecule has 0 heterocycles. The Morgan fingerprint density at radius 2 is 1.83 bits per heavy atom. The Balaban J connectivity index is 4.60. The first-order valence-corrected chi connectivity index (χ1v) is 3.26. The molecule has 0 fully saturated rings. The van der Waals surface area contributed by atoms with Gasteiger partial charge >= 0.3 is 12.0 Å². The molecule has 0 saturated carbocycles. The maximum atomic E-state index is 11.0. The molecule has 0 unspecified atom stereocenters. The summed E-state index contributed by atoms with van der Waals surface area (Å²) < 4.78 is 4.42. The number of rotatable bonds is 2. The van der Waals surface area contributed by atoms with Gasteiger partial charge in [-0.2, -0.15) is 0 Å². The standard InChI is InChI=1S/C6H13N3O3/c1-6(2,4(10)12-3)9(8)5(7)11/h8H2,1-3H3,(H2,7,11). The summed E-state index contributed by atoms with van der Waals surface area (Å²) in [7, 11) is 1.21. The summed E-state index contributed by atoms with van der Waals surface area (Å²) in [6, 6.07) is -0.884. The summed E-state index contributed by atoms with van der Waals surface area (Å²) in [5.74, 6) is 4.61. The number of ether oxygens (including phenoxy) is 1. The zero-order valence-electron chi connectivity index (χ0n) is 7.33. The highest BCUT2D eigenvalue weighted by Crippen LogP contribution is 2.11. The van der Waals surface area contributed by atoms with Gasteiger partial charge in [0, 0.05) is 0 Å². The van der Waals surface area contributed by atoms with E-state index in [1.807, 2.05) is 0 Å². The van der Waals surface area contributed by atoms with E-state index in [0.717, 1.165) is 0 Å². The lowest BCUT2D eigenvalue weighted by molar-refractivity contribution is -0.151. The highest BCUT2D eigenvalue weighted by atomic mass is 16.5. The number of hydrogen-bond donors (Lipinski definition) is 2. The molecule has 0 bridgehead atoms. The predicted octanol–water partition coefficient (Wildman–Crippen LogP) is -0.808. The Kier molecular flexibility index (Phi) is 3.03. The minimum absolute atomic E-state index is 0.621. The summed E-state index contributed by atoms with van der Waals surface area (Å²) in [6.07, 6.45) is 0. The van der Waals surface area contributed by atoms with E-state index in [-0.39, 0.29) is 0 Å². The van der Waals surface area contributed by atoms with Crippen molar-refractivity contribution in [3.05, 3.63) is 0 Å². The molecule has 12 heavy (non-hydrogen) atoms. The Bertz CT molecular complexity index is 202. The molecule has 0 aliphatic rings. The molecule has 2 amide bonds. The van der Waals surface area contributed by atoms with Crippen molar-refractivity contribution in [2.24, 2.45) is 11.6 Å². The summed E-state index contributed by atoms with van der Waals surface area (Å²) in [5.41, 5.74) is 3.63. The van der Waals surface area contributed by atoms with Gasteiger partial charge in [0.2, 0.25) is 0 Å². The van der Waals surface area contributed by atoms with Crippen LogP contribution in [0.4, 0.5) is 4.79 Å². The fourth-order valence-corrected chi connectivity index (χ4v) is 0.624. The van der Waals surface area contributed by atoms with Gasteiger partial charge in [0.25, 0.3) is 0 Å². The number of primary amides is 1. The summed E-state index contributed by atoms with van der Waals surface area (Å²) in [4.78, 5) is 21.6. The molecule has 6 nitrogen and oxygen atoms in total. The number of hydrogen-bond acceptors (Lipinski definition) is 4. The molecule has 0 aliphatic carbocycles. The molecular formula is C6H13N3O3. The minimum Gasteiger partial charge on any atom is -0.467 e. The van der Waals surface area contributed by atoms with Gasteiger partial charge in [0.1, 0.15) is 0 Å². The van der Waals surface area contributed by atoms with Gasteiger partial charge in [0.05, 0.1) is 7.11 Å².